The number of hydrogen-bond acceptors (Lipinski definition) is 5. The first-order chi connectivity index (χ1) is 9.54. The van der Waals surface area contributed by atoms with Crippen molar-refractivity contribution in [3.8, 4) is 0 Å². The van der Waals surface area contributed by atoms with Crippen LogP contribution in [0.15, 0.2) is 12.4 Å². The van der Waals surface area contributed by atoms with E-state index in [2.05, 4.69) is 39.3 Å². The van der Waals surface area contributed by atoms with E-state index < -0.39 is 0 Å². The molecule has 0 aromatic carbocycles. The molecule has 0 aliphatic carbocycles. The zero-order chi connectivity index (χ0) is 14.5. The molecule has 6 nitrogen and oxygen atoms in total. The van der Waals surface area contributed by atoms with Gasteiger partial charge in [0.2, 0.25) is 11.9 Å². The molecule has 20 heavy (non-hydrogen) atoms. The fourth-order valence-corrected chi connectivity index (χ4v) is 2.27. The summed E-state index contributed by atoms with van der Waals surface area (Å²) >= 11 is 0. The highest BCUT2D eigenvalue weighted by molar-refractivity contribution is 5.73. The molecule has 1 aromatic heterocycles. The Morgan fingerprint density at radius 2 is 2.15 bits per heavy atom. The Bertz CT molecular complexity index is 445. The van der Waals surface area contributed by atoms with E-state index in [1.54, 1.807) is 6.92 Å². The average Bonchev–Trinajstić information content (AvgIpc) is 2.84. The normalized spacial score (nSPS) is 18.6. The third kappa shape index (κ3) is 4.16. The van der Waals surface area contributed by atoms with Crippen LogP contribution in [-0.4, -0.2) is 41.0 Å². The van der Waals surface area contributed by atoms with E-state index in [0.29, 0.717) is 6.04 Å². The highest BCUT2D eigenvalue weighted by Crippen LogP contribution is 2.15. The van der Waals surface area contributed by atoms with Crippen molar-refractivity contribution in [3.05, 3.63) is 18.0 Å². The van der Waals surface area contributed by atoms with Gasteiger partial charge in [-0.05, 0) is 6.42 Å². The maximum atomic E-state index is 11.0. The average molecular weight is 277 g/mol. The van der Waals surface area contributed by atoms with Crippen molar-refractivity contribution in [1.29, 1.82) is 0 Å². The molecule has 1 aliphatic heterocycles. The fourth-order valence-electron chi connectivity index (χ4n) is 2.27. The van der Waals surface area contributed by atoms with Crippen LogP contribution in [0.3, 0.4) is 0 Å². The number of nitrogens with one attached hydrogen (secondary N) is 2. The molecule has 1 fully saturated rings. The van der Waals surface area contributed by atoms with Gasteiger partial charge >= 0.3 is 0 Å². The number of hydrogen-bond donors (Lipinski definition) is 2. The topological polar surface area (TPSA) is 70.2 Å². The third-order valence-electron chi connectivity index (χ3n) is 3.28. The number of anilines is 1. The first kappa shape index (κ1) is 14.7. The van der Waals surface area contributed by atoms with E-state index in [0.717, 1.165) is 37.6 Å². The molecule has 6 heteroatoms. The molecular weight excluding hydrogens is 254 g/mol. The van der Waals surface area contributed by atoms with E-state index in [1.807, 2.05) is 12.4 Å². The van der Waals surface area contributed by atoms with E-state index in [1.165, 1.54) is 0 Å². The first-order valence-electron chi connectivity index (χ1n) is 7.11. The summed E-state index contributed by atoms with van der Waals surface area (Å²) in [7, 11) is 0. The lowest BCUT2D eigenvalue weighted by Gasteiger charge is -2.16. The number of amides is 1. The van der Waals surface area contributed by atoms with Gasteiger partial charge in [-0.2, -0.15) is 0 Å². The summed E-state index contributed by atoms with van der Waals surface area (Å²) in [5, 5.41) is 6.28. The summed E-state index contributed by atoms with van der Waals surface area (Å²) in [6.45, 7) is 8.23. The smallest absolute Gasteiger partial charge is 0.225 e. The minimum absolute atomic E-state index is 0.0212. The summed E-state index contributed by atoms with van der Waals surface area (Å²) in [6, 6.07) is 0.657. The summed E-state index contributed by atoms with van der Waals surface area (Å²) in [5.74, 6) is 0.763. The highest BCUT2D eigenvalue weighted by atomic mass is 16.1. The Labute approximate surface area is 120 Å². The summed E-state index contributed by atoms with van der Waals surface area (Å²) in [4.78, 5) is 22.0. The predicted molar refractivity (Wildman–Crippen MR) is 78.4 cm³/mol. The van der Waals surface area contributed by atoms with Crippen molar-refractivity contribution in [2.24, 2.45) is 0 Å². The molecule has 0 spiro atoms. The number of carbonyl (C=O) groups excluding carboxylic acids is 1. The Kier molecular flexibility index (Phi) is 4.89. The zero-order valence-corrected chi connectivity index (χ0v) is 12.4. The molecule has 1 amide bonds. The molecule has 1 unspecified atom stereocenters. The quantitative estimate of drug-likeness (QED) is 0.828. The van der Waals surface area contributed by atoms with Crippen molar-refractivity contribution in [1.82, 2.24) is 20.6 Å². The van der Waals surface area contributed by atoms with Crippen LogP contribution in [0.5, 0.6) is 0 Å². The lowest BCUT2D eigenvalue weighted by molar-refractivity contribution is -0.119. The van der Waals surface area contributed by atoms with Gasteiger partial charge in [-0.25, -0.2) is 9.97 Å². The van der Waals surface area contributed by atoms with Gasteiger partial charge in [0.05, 0.1) is 0 Å². The number of aromatic nitrogens is 2. The molecule has 1 atom stereocenters. The molecule has 1 aromatic rings. The van der Waals surface area contributed by atoms with Gasteiger partial charge in [0.1, 0.15) is 0 Å². The molecule has 2 N–H and O–H groups in total. The van der Waals surface area contributed by atoms with Crippen molar-refractivity contribution in [2.45, 2.75) is 45.8 Å². The van der Waals surface area contributed by atoms with Crippen molar-refractivity contribution in [3.63, 3.8) is 0 Å². The monoisotopic (exact) mass is 277 g/mol. The second-order valence-corrected chi connectivity index (χ2v) is 5.56. The lowest BCUT2D eigenvalue weighted by atomic mass is 10.3. The van der Waals surface area contributed by atoms with Crippen molar-refractivity contribution >= 4 is 11.9 Å². The van der Waals surface area contributed by atoms with Crippen molar-refractivity contribution < 1.29 is 4.79 Å². The molecule has 1 aliphatic rings. The summed E-state index contributed by atoms with van der Waals surface area (Å²) in [5.41, 5.74) is 1.08. The third-order valence-corrected chi connectivity index (χ3v) is 3.28. The summed E-state index contributed by atoms with van der Waals surface area (Å²) < 4.78 is 0. The molecule has 2 heterocycles. The molecule has 2 rings (SSSR count). The largest absolute Gasteiger partial charge is 0.352 e. The van der Waals surface area contributed by atoms with Crippen LogP contribution >= 0.6 is 0 Å². The van der Waals surface area contributed by atoms with E-state index in [-0.39, 0.29) is 11.9 Å². The number of rotatable bonds is 5. The van der Waals surface area contributed by atoms with Gasteiger partial charge in [0, 0.05) is 56.6 Å². The molecule has 0 radical (unpaired) electrons. The van der Waals surface area contributed by atoms with Gasteiger partial charge in [0.25, 0.3) is 0 Å². The van der Waals surface area contributed by atoms with Crippen molar-refractivity contribution in [2.75, 3.05) is 18.0 Å². The SMILES string of the molecule is CC(=O)NC1CCN(c2ncc(CNC(C)C)cn2)C1. The molecular formula is C14H23N5O. The van der Waals surface area contributed by atoms with E-state index >= 15 is 0 Å². The second-order valence-electron chi connectivity index (χ2n) is 5.56. The minimum Gasteiger partial charge on any atom is -0.352 e. The Morgan fingerprint density at radius 3 is 2.75 bits per heavy atom. The van der Waals surface area contributed by atoms with Crippen LogP contribution < -0.4 is 15.5 Å². The first-order valence-corrected chi connectivity index (χ1v) is 7.11. The lowest BCUT2D eigenvalue weighted by Crippen LogP contribution is -2.35. The van der Waals surface area contributed by atoms with Crippen LogP contribution in [-0.2, 0) is 11.3 Å². The van der Waals surface area contributed by atoms with Gasteiger partial charge in [0.15, 0.2) is 0 Å². The van der Waals surface area contributed by atoms with Crippen LogP contribution in [0.25, 0.3) is 0 Å². The number of nitrogens with zero attached hydrogens (tertiary/aromatic N) is 3. The van der Waals surface area contributed by atoms with Crippen LogP contribution in [0.2, 0.25) is 0 Å². The van der Waals surface area contributed by atoms with Crippen LogP contribution in [0.1, 0.15) is 32.8 Å². The maximum absolute atomic E-state index is 11.0. The van der Waals surface area contributed by atoms with Gasteiger partial charge in [-0.1, -0.05) is 13.8 Å². The van der Waals surface area contributed by atoms with E-state index in [9.17, 15) is 4.79 Å². The minimum atomic E-state index is 0.0212. The van der Waals surface area contributed by atoms with Gasteiger partial charge in [-0.15, -0.1) is 0 Å². The Hall–Kier alpha value is -1.69. The molecule has 0 bridgehead atoms. The molecule has 0 saturated carbocycles. The van der Waals surface area contributed by atoms with Gasteiger partial charge < -0.3 is 15.5 Å². The highest BCUT2D eigenvalue weighted by Gasteiger charge is 2.24. The van der Waals surface area contributed by atoms with E-state index in [4.69, 9.17) is 0 Å². The summed E-state index contributed by atoms with van der Waals surface area (Å²) in [6.07, 6.45) is 4.67. The zero-order valence-electron chi connectivity index (χ0n) is 12.4. The fraction of sp³-hybridized carbons (Fsp3) is 0.643. The Morgan fingerprint density at radius 1 is 1.45 bits per heavy atom. The van der Waals surface area contributed by atoms with Crippen LogP contribution in [0.4, 0.5) is 5.95 Å². The number of carbonyl (C=O) groups is 1. The second kappa shape index (κ2) is 6.65. The molecule has 1 saturated heterocycles. The maximum Gasteiger partial charge on any atom is 0.225 e. The predicted octanol–water partition coefficient (Wildman–Crippen LogP) is 0.689. The molecule has 110 valence electrons. The Balaban J connectivity index is 1.89. The van der Waals surface area contributed by atoms with Gasteiger partial charge in [-0.3, -0.25) is 4.79 Å². The standard InChI is InChI=1S/C14H23N5O/c1-10(2)15-6-12-7-16-14(17-8-12)19-5-4-13(9-19)18-11(3)20/h7-8,10,13,15H,4-6,9H2,1-3H3,(H,18,20). The van der Waals surface area contributed by atoms with Crippen LogP contribution in [0, 0.1) is 0 Å².